The molecule has 0 bridgehead atoms. The van der Waals surface area contributed by atoms with Gasteiger partial charge in [-0.25, -0.2) is 0 Å². The quantitative estimate of drug-likeness (QED) is 0.223. The zero-order valence-corrected chi connectivity index (χ0v) is 25.7. The molecule has 0 radical (unpaired) electrons. The molecule has 0 fully saturated rings. The predicted molar refractivity (Wildman–Crippen MR) is 169 cm³/mol. The molecule has 2 aliphatic rings. The van der Waals surface area contributed by atoms with Crippen molar-refractivity contribution in [3.8, 4) is 40.2 Å². The van der Waals surface area contributed by atoms with Crippen LogP contribution in [0.1, 0.15) is 45.5 Å². The van der Waals surface area contributed by atoms with Gasteiger partial charge in [0.2, 0.25) is 0 Å². The second-order valence-electron chi connectivity index (χ2n) is 11.9. The number of nitrogens with zero attached hydrogens (tertiary/aromatic N) is 2. The Morgan fingerprint density at radius 2 is 1.18 bits per heavy atom. The van der Waals surface area contributed by atoms with Gasteiger partial charge in [-0.15, -0.1) is 0 Å². The van der Waals surface area contributed by atoms with E-state index in [2.05, 4.69) is 30.0 Å². The number of phenolic OH excluding ortho intramolecular Hbond substituents is 3. The van der Waals surface area contributed by atoms with Crippen LogP contribution in [0.3, 0.4) is 0 Å². The Morgan fingerprint density at radius 1 is 0.614 bits per heavy atom. The Morgan fingerprint density at radius 3 is 1.82 bits per heavy atom. The fourth-order valence-corrected chi connectivity index (χ4v) is 6.58. The highest BCUT2D eigenvalue weighted by molar-refractivity contribution is 5.54. The minimum Gasteiger partial charge on any atom is -0.508 e. The number of fused-ring (bicyclic) bond motifs is 2. The monoisotopic (exact) mass is 596 g/mol. The van der Waals surface area contributed by atoms with Gasteiger partial charge in [0.1, 0.15) is 5.75 Å². The van der Waals surface area contributed by atoms with Gasteiger partial charge in [-0.2, -0.15) is 0 Å². The third kappa shape index (κ3) is 5.87. The van der Waals surface area contributed by atoms with Gasteiger partial charge >= 0.3 is 0 Å². The summed E-state index contributed by atoms with van der Waals surface area (Å²) in [5.41, 5.74) is 6.76. The van der Waals surface area contributed by atoms with Gasteiger partial charge in [-0.05, 0) is 122 Å². The standard InChI is InChI=1S/C36H40N2O6/c1-37-14-12-25-19-35(43-4)36(21-28(25)29(37)15-22-5-8-26(39)9-6-22)44-34-17-23(7-10-31(34)40)16-30-27-20-32(41)33(42-3)18-24(27)11-13-38(30)2/h5-10,17-21,29-30,39-41H,11-16H2,1-4H3/t29-,30-/m1/s1. The smallest absolute Gasteiger partial charge is 0.169 e. The zero-order valence-electron chi connectivity index (χ0n) is 25.7. The molecule has 0 aromatic heterocycles. The topological polar surface area (TPSA) is 94.9 Å². The molecule has 0 spiro atoms. The van der Waals surface area contributed by atoms with Crippen molar-refractivity contribution in [1.29, 1.82) is 0 Å². The Balaban J connectivity index is 1.30. The maximum Gasteiger partial charge on any atom is 0.169 e. The molecule has 4 aromatic carbocycles. The molecule has 44 heavy (non-hydrogen) atoms. The van der Waals surface area contributed by atoms with Crippen LogP contribution >= 0.6 is 0 Å². The summed E-state index contributed by atoms with van der Waals surface area (Å²) in [6, 6.07) is 20.9. The molecule has 4 aromatic rings. The molecule has 2 heterocycles. The Hall–Kier alpha value is -4.40. The minimum atomic E-state index is 0.0439. The Kier molecular flexibility index (Phi) is 8.29. The lowest BCUT2D eigenvalue weighted by molar-refractivity contribution is 0.227. The average Bonchev–Trinajstić information content (AvgIpc) is 3.02. The SMILES string of the molecule is COc1cc2c(cc1O)[C@@H](Cc1ccc(O)c(Oc3cc4c(cc3OC)CCN(C)[C@@H]4Cc3ccc(O)cc3)c1)N(C)CC2. The normalized spacial score (nSPS) is 18.4. The first-order valence-electron chi connectivity index (χ1n) is 15.0. The number of ether oxygens (including phenoxy) is 3. The molecular formula is C36H40N2O6. The average molecular weight is 597 g/mol. The van der Waals surface area contributed by atoms with Crippen molar-refractivity contribution < 1.29 is 29.5 Å². The summed E-state index contributed by atoms with van der Waals surface area (Å²) in [4.78, 5) is 4.63. The van der Waals surface area contributed by atoms with Gasteiger partial charge in [-0.1, -0.05) is 18.2 Å². The summed E-state index contributed by atoms with van der Waals surface area (Å²) < 4.78 is 17.5. The molecule has 0 unspecified atom stereocenters. The van der Waals surface area contributed by atoms with Crippen LogP contribution in [0.5, 0.6) is 40.2 Å². The van der Waals surface area contributed by atoms with Gasteiger partial charge in [0.05, 0.1) is 14.2 Å². The predicted octanol–water partition coefficient (Wildman–Crippen LogP) is 6.16. The van der Waals surface area contributed by atoms with Crippen molar-refractivity contribution in [2.24, 2.45) is 0 Å². The lowest BCUT2D eigenvalue weighted by atomic mass is 9.88. The van der Waals surface area contributed by atoms with E-state index < -0.39 is 0 Å². The molecule has 3 N–H and O–H groups in total. The summed E-state index contributed by atoms with van der Waals surface area (Å²) in [5.74, 6) is 2.44. The zero-order chi connectivity index (χ0) is 31.0. The second kappa shape index (κ2) is 12.3. The van der Waals surface area contributed by atoms with Gasteiger partial charge in [-0.3, -0.25) is 9.80 Å². The lowest BCUT2D eigenvalue weighted by Gasteiger charge is -2.35. The maximum absolute atomic E-state index is 10.9. The van der Waals surface area contributed by atoms with E-state index in [4.69, 9.17) is 14.2 Å². The molecule has 0 saturated carbocycles. The number of benzene rings is 4. The molecular weight excluding hydrogens is 556 g/mol. The first kappa shape index (κ1) is 29.7. The van der Waals surface area contributed by atoms with E-state index in [1.54, 1.807) is 32.4 Å². The van der Waals surface area contributed by atoms with Crippen LogP contribution in [-0.4, -0.2) is 66.5 Å². The van der Waals surface area contributed by atoms with Crippen molar-refractivity contribution in [2.75, 3.05) is 41.4 Å². The number of hydrogen-bond acceptors (Lipinski definition) is 8. The first-order chi connectivity index (χ1) is 21.2. The molecule has 6 rings (SSSR count). The van der Waals surface area contributed by atoms with E-state index in [0.717, 1.165) is 54.6 Å². The van der Waals surface area contributed by atoms with Crippen molar-refractivity contribution >= 4 is 0 Å². The molecule has 2 aliphatic heterocycles. The Bertz CT molecular complexity index is 1650. The molecule has 2 atom stereocenters. The third-order valence-electron chi connectivity index (χ3n) is 9.15. The number of likely N-dealkylation sites (N-methyl/N-ethyl adjacent to an activating group) is 2. The summed E-state index contributed by atoms with van der Waals surface area (Å²) >= 11 is 0. The van der Waals surface area contributed by atoms with Crippen LogP contribution < -0.4 is 14.2 Å². The number of aromatic hydroxyl groups is 3. The molecule has 0 aliphatic carbocycles. The van der Waals surface area contributed by atoms with E-state index in [1.807, 2.05) is 42.5 Å². The summed E-state index contributed by atoms with van der Waals surface area (Å²) in [5, 5.41) is 31.1. The van der Waals surface area contributed by atoms with Crippen LogP contribution in [0.25, 0.3) is 0 Å². The molecule has 8 nitrogen and oxygen atoms in total. The van der Waals surface area contributed by atoms with Crippen LogP contribution in [0.15, 0.2) is 66.7 Å². The highest BCUT2D eigenvalue weighted by atomic mass is 16.5. The second-order valence-corrected chi connectivity index (χ2v) is 11.9. The third-order valence-corrected chi connectivity index (χ3v) is 9.15. The summed E-state index contributed by atoms with van der Waals surface area (Å²) in [6.45, 7) is 1.81. The van der Waals surface area contributed by atoms with Crippen molar-refractivity contribution in [1.82, 2.24) is 9.80 Å². The molecule has 0 amide bonds. The van der Waals surface area contributed by atoms with Gasteiger partial charge < -0.3 is 29.5 Å². The number of hydrogen-bond donors (Lipinski definition) is 3. The van der Waals surface area contributed by atoms with Crippen molar-refractivity contribution in [2.45, 2.75) is 37.8 Å². The number of rotatable bonds is 8. The fourth-order valence-electron chi connectivity index (χ4n) is 6.58. The number of phenols is 3. The van der Waals surface area contributed by atoms with Crippen LogP contribution in [0.2, 0.25) is 0 Å². The summed E-state index contributed by atoms with van der Waals surface area (Å²) in [7, 11) is 7.42. The van der Waals surface area contributed by atoms with Crippen LogP contribution in [0, 0.1) is 0 Å². The summed E-state index contributed by atoms with van der Waals surface area (Å²) in [6.07, 6.45) is 3.23. The van der Waals surface area contributed by atoms with Gasteiger partial charge in [0.15, 0.2) is 34.5 Å². The largest absolute Gasteiger partial charge is 0.508 e. The van der Waals surface area contributed by atoms with Gasteiger partial charge in [0, 0.05) is 25.2 Å². The van der Waals surface area contributed by atoms with E-state index >= 15 is 0 Å². The molecule has 8 heteroatoms. The van der Waals surface area contributed by atoms with E-state index in [-0.39, 0.29) is 29.3 Å². The fraction of sp³-hybridized carbons (Fsp3) is 0.333. The molecule has 230 valence electrons. The minimum absolute atomic E-state index is 0.0439. The van der Waals surface area contributed by atoms with Gasteiger partial charge in [0.25, 0.3) is 0 Å². The van der Waals surface area contributed by atoms with E-state index in [0.29, 0.717) is 29.4 Å². The van der Waals surface area contributed by atoms with Crippen molar-refractivity contribution in [3.63, 3.8) is 0 Å². The Labute approximate surface area is 258 Å². The highest BCUT2D eigenvalue weighted by Gasteiger charge is 2.29. The molecule has 0 saturated heterocycles. The van der Waals surface area contributed by atoms with Crippen molar-refractivity contribution in [3.05, 3.63) is 100 Å². The van der Waals surface area contributed by atoms with Crippen LogP contribution in [-0.2, 0) is 25.7 Å². The first-order valence-corrected chi connectivity index (χ1v) is 15.0. The lowest BCUT2D eigenvalue weighted by Crippen LogP contribution is -2.33. The van der Waals surface area contributed by atoms with E-state index in [9.17, 15) is 15.3 Å². The van der Waals surface area contributed by atoms with Crippen LogP contribution in [0.4, 0.5) is 0 Å². The maximum atomic E-state index is 10.9. The highest BCUT2D eigenvalue weighted by Crippen LogP contribution is 2.44. The number of methoxy groups -OCH3 is 2. The van der Waals surface area contributed by atoms with E-state index in [1.165, 1.54) is 11.1 Å².